The lowest BCUT2D eigenvalue weighted by atomic mass is 9.90. The van der Waals surface area contributed by atoms with Crippen molar-refractivity contribution in [3.05, 3.63) is 0 Å². The molecule has 0 atom stereocenters. The predicted octanol–water partition coefficient (Wildman–Crippen LogP) is 1.74. The van der Waals surface area contributed by atoms with Crippen LogP contribution < -0.4 is 5.32 Å². The Labute approximate surface area is 140 Å². The molecule has 7 heteroatoms. The van der Waals surface area contributed by atoms with E-state index < -0.39 is 9.84 Å². The predicted molar refractivity (Wildman–Crippen MR) is 95.7 cm³/mol. The lowest BCUT2D eigenvalue weighted by Crippen LogP contribution is -2.43. The number of guanidine groups is 1. The Morgan fingerprint density at radius 2 is 1.85 bits per heavy atom. The Kier molecular flexibility index (Phi) is 8.39. The summed E-state index contributed by atoms with van der Waals surface area (Å²) >= 11 is 0. The van der Waals surface area contributed by atoms with Crippen molar-refractivity contribution in [1.82, 2.24) is 10.2 Å². The zero-order valence-corrected chi connectivity index (χ0v) is 16.1. The number of sulfone groups is 1. The Hall–Kier alpha value is -0.0500. The average molecular weight is 417 g/mol. The second-order valence-corrected chi connectivity index (χ2v) is 8.40. The molecule has 0 saturated carbocycles. The number of hydrogen-bond donors (Lipinski definition) is 1. The maximum absolute atomic E-state index is 11.2. The molecule has 1 N–H and O–H groups in total. The van der Waals surface area contributed by atoms with Crippen molar-refractivity contribution in [2.45, 2.75) is 33.1 Å². The number of nitrogens with zero attached hydrogens (tertiary/aromatic N) is 2. The van der Waals surface area contributed by atoms with Crippen molar-refractivity contribution in [3.8, 4) is 0 Å². The van der Waals surface area contributed by atoms with Crippen molar-refractivity contribution in [2.75, 3.05) is 38.7 Å². The first-order valence-electron chi connectivity index (χ1n) is 6.87. The van der Waals surface area contributed by atoms with Gasteiger partial charge in [0.15, 0.2) is 5.96 Å². The van der Waals surface area contributed by atoms with Crippen LogP contribution in [0, 0.1) is 5.41 Å². The standard InChI is InChI=1S/C13H27N3O2S.HI/c1-13(2,7-10-19(4,17)18)11-15-12(14-3)16-8-5-6-9-16;/h5-11H2,1-4H3,(H,14,15);1H. The van der Waals surface area contributed by atoms with Crippen molar-refractivity contribution in [1.29, 1.82) is 0 Å². The molecule has 0 aromatic rings. The van der Waals surface area contributed by atoms with Gasteiger partial charge in [0.05, 0.1) is 5.75 Å². The summed E-state index contributed by atoms with van der Waals surface area (Å²) in [5.74, 6) is 1.18. The van der Waals surface area contributed by atoms with E-state index in [0.29, 0.717) is 6.42 Å². The molecule has 5 nitrogen and oxygen atoms in total. The zero-order chi connectivity index (χ0) is 14.5. The molecule has 1 heterocycles. The van der Waals surface area contributed by atoms with Gasteiger partial charge in [0.25, 0.3) is 0 Å². The van der Waals surface area contributed by atoms with E-state index in [0.717, 1.165) is 25.6 Å². The lowest BCUT2D eigenvalue weighted by Gasteiger charge is -2.28. The fourth-order valence-electron chi connectivity index (χ4n) is 2.13. The summed E-state index contributed by atoms with van der Waals surface area (Å²) in [5.41, 5.74) is -0.0568. The van der Waals surface area contributed by atoms with Crippen LogP contribution in [0.3, 0.4) is 0 Å². The lowest BCUT2D eigenvalue weighted by molar-refractivity contribution is 0.341. The van der Waals surface area contributed by atoms with Gasteiger partial charge in [-0.15, -0.1) is 24.0 Å². The number of halogens is 1. The van der Waals surface area contributed by atoms with Gasteiger partial charge in [0.1, 0.15) is 9.84 Å². The second-order valence-electron chi connectivity index (χ2n) is 6.14. The maximum Gasteiger partial charge on any atom is 0.193 e. The highest BCUT2D eigenvalue weighted by Crippen LogP contribution is 2.20. The van der Waals surface area contributed by atoms with Gasteiger partial charge in [-0.1, -0.05) is 13.8 Å². The van der Waals surface area contributed by atoms with E-state index in [2.05, 4.69) is 29.1 Å². The molecule has 0 unspecified atom stereocenters. The van der Waals surface area contributed by atoms with E-state index in [9.17, 15) is 8.42 Å². The highest BCUT2D eigenvalue weighted by molar-refractivity contribution is 14.0. The molecular weight excluding hydrogens is 389 g/mol. The van der Waals surface area contributed by atoms with Crippen LogP contribution in [-0.2, 0) is 9.84 Å². The third kappa shape index (κ3) is 7.66. The van der Waals surface area contributed by atoms with Crippen LogP contribution in [0.2, 0.25) is 0 Å². The molecule has 0 aliphatic carbocycles. The first kappa shape index (κ1) is 19.9. The van der Waals surface area contributed by atoms with E-state index in [1.807, 2.05) is 0 Å². The van der Waals surface area contributed by atoms with Crippen LogP contribution in [-0.4, -0.2) is 58.0 Å². The highest BCUT2D eigenvalue weighted by atomic mass is 127. The third-order valence-corrected chi connectivity index (χ3v) is 4.44. The van der Waals surface area contributed by atoms with Crippen LogP contribution in [0.1, 0.15) is 33.1 Å². The first-order valence-corrected chi connectivity index (χ1v) is 8.93. The largest absolute Gasteiger partial charge is 0.356 e. The van der Waals surface area contributed by atoms with Gasteiger partial charge in [0.2, 0.25) is 0 Å². The molecule has 0 aromatic carbocycles. The summed E-state index contributed by atoms with van der Waals surface area (Å²) < 4.78 is 22.5. The van der Waals surface area contributed by atoms with Gasteiger partial charge < -0.3 is 10.2 Å². The minimum atomic E-state index is -2.89. The normalized spacial score (nSPS) is 17.0. The molecule has 0 amide bonds. The summed E-state index contributed by atoms with van der Waals surface area (Å²) in [5, 5.41) is 3.37. The highest BCUT2D eigenvalue weighted by Gasteiger charge is 2.22. The van der Waals surface area contributed by atoms with Crippen molar-refractivity contribution < 1.29 is 8.42 Å². The molecule has 0 radical (unpaired) electrons. The SMILES string of the molecule is CN=C(NCC(C)(C)CCS(C)(=O)=O)N1CCCC1.I. The summed E-state index contributed by atoms with van der Waals surface area (Å²) in [4.78, 5) is 6.55. The number of likely N-dealkylation sites (tertiary alicyclic amines) is 1. The molecule has 0 aromatic heterocycles. The summed E-state index contributed by atoms with van der Waals surface area (Å²) in [6, 6.07) is 0. The smallest absolute Gasteiger partial charge is 0.193 e. The quantitative estimate of drug-likeness (QED) is 0.421. The van der Waals surface area contributed by atoms with Crippen LogP contribution >= 0.6 is 24.0 Å². The third-order valence-electron chi connectivity index (χ3n) is 3.49. The van der Waals surface area contributed by atoms with Crippen LogP contribution in [0.15, 0.2) is 4.99 Å². The van der Waals surface area contributed by atoms with Crippen molar-refractivity contribution >= 4 is 39.8 Å². The monoisotopic (exact) mass is 417 g/mol. The Morgan fingerprint density at radius 3 is 2.30 bits per heavy atom. The summed E-state index contributed by atoms with van der Waals surface area (Å²) in [6.07, 6.45) is 4.39. The number of hydrogen-bond acceptors (Lipinski definition) is 3. The van der Waals surface area contributed by atoms with E-state index in [1.54, 1.807) is 7.05 Å². The van der Waals surface area contributed by atoms with Crippen molar-refractivity contribution in [2.24, 2.45) is 10.4 Å². The minimum absolute atomic E-state index is 0. The van der Waals surface area contributed by atoms with Crippen LogP contribution in [0.25, 0.3) is 0 Å². The molecule has 1 rings (SSSR count). The number of nitrogens with one attached hydrogen (secondary N) is 1. The van der Waals surface area contributed by atoms with E-state index in [4.69, 9.17) is 0 Å². The van der Waals surface area contributed by atoms with Gasteiger partial charge in [0, 0.05) is 32.9 Å². The summed E-state index contributed by atoms with van der Waals surface area (Å²) in [7, 11) is -1.09. The molecule has 1 aliphatic rings. The minimum Gasteiger partial charge on any atom is -0.356 e. The van der Waals surface area contributed by atoms with Gasteiger partial charge in [-0.05, 0) is 24.7 Å². The second kappa shape index (κ2) is 8.41. The van der Waals surface area contributed by atoms with Crippen LogP contribution in [0.5, 0.6) is 0 Å². The van der Waals surface area contributed by atoms with Crippen molar-refractivity contribution in [3.63, 3.8) is 0 Å². The first-order chi connectivity index (χ1) is 8.73. The zero-order valence-electron chi connectivity index (χ0n) is 13.0. The van der Waals surface area contributed by atoms with E-state index in [-0.39, 0.29) is 35.1 Å². The van der Waals surface area contributed by atoms with Gasteiger partial charge in [-0.25, -0.2) is 8.42 Å². The molecule has 20 heavy (non-hydrogen) atoms. The Morgan fingerprint density at radius 1 is 1.30 bits per heavy atom. The molecule has 1 fully saturated rings. The van der Waals surface area contributed by atoms with Gasteiger partial charge >= 0.3 is 0 Å². The van der Waals surface area contributed by atoms with Gasteiger partial charge in [-0.3, -0.25) is 4.99 Å². The van der Waals surface area contributed by atoms with Crippen LogP contribution in [0.4, 0.5) is 0 Å². The van der Waals surface area contributed by atoms with E-state index in [1.165, 1.54) is 19.1 Å². The molecule has 0 spiro atoms. The Bertz CT molecular complexity index is 415. The Balaban J connectivity index is 0.00000361. The molecular formula is C13H28IN3O2S. The average Bonchev–Trinajstić information content (AvgIpc) is 2.80. The maximum atomic E-state index is 11.2. The fraction of sp³-hybridized carbons (Fsp3) is 0.923. The van der Waals surface area contributed by atoms with E-state index >= 15 is 0 Å². The topological polar surface area (TPSA) is 61.8 Å². The summed E-state index contributed by atoms with van der Waals surface area (Å²) in [6.45, 7) is 7.03. The molecule has 1 saturated heterocycles. The van der Waals surface area contributed by atoms with Gasteiger partial charge in [-0.2, -0.15) is 0 Å². The molecule has 1 aliphatic heterocycles. The number of rotatable bonds is 5. The molecule has 0 bridgehead atoms. The fourth-order valence-corrected chi connectivity index (χ4v) is 3.05. The molecule has 120 valence electrons. The number of aliphatic imine (C=N–C) groups is 1.